The summed E-state index contributed by atoms with van der Waals surface area (Å²) in [6.45, 7) is 4.62. The Labute approximate surface area is 169 Å². The summed E-state index contributed by atoms with van der Waals surface area (Å²) in [7, 11) is 1.61. The van der Waals surface area contributed by atoms with Gasteiger partial charge in [0.05, 0.1) is 13.7 Å². The second-order valence-corrected chi connectivity index (χ2v) is 6.92. The molecule has 0 saturated heterocycles. The maximum absolute atomic E-state index is 11.7. The first-order valence-electron chi connectivity index (χ1n) is 9.87. The van der Waals surface area contributed by atoms with Crippen molar-refractivity contribution >= 4 is 18.4 Å². The van der Waals surface area contributed by atoms with Crippen molar-refractivity contribution in [2.24, 2.45) is 0 Å². The zero-order valence-corrected chi connectivity index (χ0v) is 17.6. The van der Waals surface area contributed by atoms with Crippen LogP contribution in [0.25, 0.3) is 0 Å². The molecule has 0 heterocycles. The molecule has 1 fully saturated rings. The lowest BCUT2D eigenvalue weighted by molar-refractivity contribution is -0.150. The normalized spacial score (nSPS) is 16.4. The molecular weight excluding hydrogens is 366 g/mol. The molecule has 0 amide bonds. The van der Waals surface area contributed by atoms with Crippen molar-refractivity contribution in [2.75, 3.05) is 13.7 Å². The van der Waals surface area contributed by atoms with Gasteiger partial charge in [-0.15, -0.1) is 12.4 Å². The van der Waals surface area contributed by atoms with Gasteiger partial charge in [0.2, 0.25) is 0 Å². The highest BCUT2D eigenvalue weighted by molar-refractivity contribution is 5.85. The number of hydrogen-bond acceptors (Lipinski definition) is 5. The van der Waals surface area contributed by atoms with Crippen molar-refractivity contribution in [3.63, 3.8) is 0 Å². The molecule has 1 aromatic carbocycles. The van der Waals surface area contributed by atoms with E-state index < -0.39 is 6.10 Å². The Morgan fingerprint density at radius 3 is 2.44 bits per heavy atom. The molecule has 0 aliphatic heterocycles. The molecule has 154 valence electrons. The average molecular weight is 400 g/mol. The molecule has 1 aliphatic rings. The van der Waals surface area contributed by atoms with E-state index in [1.165, 1.54) is 44.9 Å². The van der Waals surface area contributed by atoms with Crippen LogP contribution in [0.15, 0.2) is 18.2 Å². The Morgan fingerprint density at radius 1 is 1.15 bits per heavy atom. The number of halogens is 1. The molecule has 0 spiro atoms. The van der Waals surface area contributed by atoms with Crippen molar-refractivity contribution < 1.29 is 19.0 Å². The fraction of sp³-hybridized carbons (Fsp3) is 0.667. The molecule has 0 radical (unpaired) electrons. The molecule has 1 aliphatic carbocycles. The first-order valence-corrected chi connectivity index (χ1v) is 9.87. The molecule has 2 rings (SSSR count). The maximum Gasteiger partial charge on any atom is 0.347 e. The lowest BCUT2D eigenvalue weighted by Gasteiger charge is -2.21. The first-order chi connectivity index (χ1) is 12.6. The van der Waals surface area contributed by atoms with Crippen LogP contribution in [0.2, 0.25) is 0 Å². The summed E-state index contributed by atoms with van der Waals surface area (Å²) in [5.74, 6) is 0.824. The van der Waals surface area contributed by atoms with E-state index in [1.54, 1.807) is 21.0 Å². The monoisotopic (exact) mass is 399 g/mol. The fourth-order valence-electron chi connectivity index (χ4n) is 3.34. The van der Waals surface area contributed by atoms with Crippen LogP contribution >= 0.6 is 12.4 Å². The van der Waals surface area contributed by atoms with Crippen molar-refractivity contribution in [2.45, 2.75) is 77.5 Å². The third kappa shape index (κ3) is 7.97. The predicted molar refractivity (Wildman–Crippen MR) is 110 cm³/mol. The van der Waals surface area contributed by atoms with E-state index in [4.69, 9.17) is 14.2 Å². The minimum atomic E-state index is -0.664. The maximum atomic E-state index is 11.7. The number of hydrogen-bond donors (Lipinski definition) is 1. The molecule has 27 heavy (non-hydrogen) atoms. The van der Waals surface area contributed by atoms with Gasteiger partial charge in [0.25, 0.3) is 0 Å². The van der Waals surface area contributed by atoms with E-state index in [-0.39, 0.29) is 18.4 Å². The Balaban J connectivity index is 0.00000364. The van der Waals surface area contributed by atoms with Crippen molar-refractivity contribution in [1.82, 2.24) is 5.32 Å². The number of benzene rings is 1. The molecule has 1 unspecified atom stereocenters. The standard InChI is InChI=1S/C21H33NO4.ClH/c1-4-25-21(23)16(2)26-19-13-12-17(14-20(19)24-3)15-22-18-10-8-6-5-7-9-11-18;/h12-14,16,18,22H,4-11,15H2,1-3H3;1H. The number of ether oxygens (including phenoxy) is 3. The second kappa shape index (κ2) is 12.8. The minimum absolute atomic E-state index is 0. The Kier molecular flexibility index (Phi) is 11.2. The van der Waals surface area contributed by atoms with Crippen LogP contribution in [0, 0.1) is 0 Å². The highest BCUT2D eigenvalue weighted by Crippen LogP contribution is 2.29. The zero-order chi connectivity index (χ0) is 18.8. The van der Waals surface area contributed by atoms with Gasteiger partial charge < -0.3 is 19.5 Å². The molecule has 1 atom stereocenters. The highest BCUT2D eigenvalue weighted by atomic mass is 35.5. The Morgan fingerprint density at radius 2 is 1.81 bits per heavy atom. The van der Waals surface area contributed by atoms with Crippen LogP contribution in [-0.2, 0) is 16.1 Å². The van der Waals surface area contributed by atoms with E-state index in [9.17, 15) is 4.79 Å². The quantitative estimate of drug-likeness (QED) is 0.645. The van der Waals surface area contributed by atoms with Crippen molar-refractivity contribution in [3.05, 3.63) is 23.8 Å². The largest absolute Gasteiger partial charge is 0.493 e. The first kappa shape index (κ1) is 23.6. The Hall–Kier alpha value is -1.46. The number of esters is 1. The summed E-state index contributed by atoms with van der Waals surface area (Å²) >= 11 is 0. The number of carbonyl (C=O) groups is 1. The molecule has 1 N–H and O–H groups in total. The van der Waals surface area contributed by atoms with Gasteiger partial charge >= 0.3 is 5.97 Å². The average Bonchev–Trinajstić information content (AvgIpc) is 2.61. The summed E-state index contributed by atoms with van der Waals surface area (Å²) in [5, 5.41) is 3.68. The molecule has 5 nitrogen and oxygen atoms in total. The van der Waals surface area contributed by atoms with Gasteiger partial charge in [-0.25, -0.2) is 4.79 Å². The summed E-state index contributed by atoms with van der Waals surface area (Å²) in [6, 6.07) is 6.46. The molecule has 1 saturated carbocycles. The van der Waals surface area contributed by atoms with Gasteiger partial charge in [0.1, 0.15) is 0 Å². The zero-order valence-electron chi connectivity index (χ0n) is 16.8. The molecule has 6 heteroatoms. The van der Waals surface area contributed by atoms with Crippen molar-refractivity contribution in [3.8, 4) is 11.5 Å². The van der Waals surface area contributed by atoms with E-state index >= 15 is 0 Å². The lowest BCUT2D eigenvalue weighted by Crippen LogP contribution is -2.29. The molecular formula is C21H34ClNO4. The SMILES string of the molecule is CCOC(=O)C(C)Oc1ccc(CNC2CCCCCCC2)cc1OC.Cl. The van der Waals surface area contributed by atoms with Gasteiger partial charge in [0.15, 0.2) is 17.6 Å². The Bertz CT molecular complexity index is 559. The van der Waals surface area contributed by atoms with E-state index in [0.717, 1.165) is 12.1 Å². The van der Waals surface area contributed by atoms with E-state index in [2.05, 4.69) is 5.32 Å². The van der Waals surface area contributed by atoms with Gasteiger partial charge in [-0.3, -0.25) is 0 Å². The third-order valence-corrected chi connectivity index (χ3v) is 4.85. The minimum Gasteiger partial charge on any atom is -0.493 e. The molecule has 0 bridgehead atoms. The fourth-order valence-corrected chi connectivity index (χ4v) is 3.34. The van der Waals surface area contributed by atoms with Crippen LogP contribution in [0.5, 0.6) is 11.5 Å². The highest BCUT2D eigenvalue weighted by Gasteiger charge is 2.18. The van der Waals surface area contributed by atoms with Crippen LogP contribution < -0.4 is 14.8 Å². The summed E-state index contributed by atoms with van der Waals surface area (Å²) in [4.78, 5) is 11.7. The third-order valence-electron chi connectivity index (χ3n) is 4.85. The summed E-state index contributed by atoms with van der Waals surface area (Å²) in [5.41, 5.74) is 1.15. The number of nitrogens with one attached hydrogen (secondary N) is 1. The second-order valence-electron chi connectivity index (χ2n) is 6.92. The van der Waals surface area contributed by atoms with Gasteiger partial charge in [-0.2, -0.15) is 0 Å². The number of methoxy groups -OCH3 is 1. The van der Waals surface area contributed by atoms with Crippen molar-refractivity contribution in [1.29, 1.82) is 0 Å². The van der Waals surface area contributed by atoms with E-state index in [0.29, 0.717) is 24.1 Å². The number of carbonyl (C=O) groups excluding carboxylic acids is 1. The smallest absolute Gasteiger partial charge is 0.347 e. The lowest BCUT2D eigenvalue weighted by atomic mass is 9.96. The summed E-state index contributed by atoms with van der Waals surface area (Å²) in [6.07, 6.45) is 8.59. The number of rotatable bonds is 8. The van der Waals surface area contributed by atoms with Gasteiger partial charge in [-0.05, 0) is 44.4 Å². The van der Waals surface area contributed by atoms with Crippen LogP contribution in [-0.4, -0.2) is 31.8 Å². The predicted octanol–water partition coefficient (Wildman–Crippen LogP) is 4.65. The van der Waals surface area contributed by atoms with Crippen LogP contribution in [0.4, 0.5) is 0 Å². The topological polar surface area (TPSA) is 56.8 Å². The van der Waals surface area contributed by atoms with E-state index in [1.807, 2.05) is 18.2 Å². The van der Waals surface area contributed by atoms with Crippen LogP contribution in [0.1, 0.15) is 64.4 Å². The molecule has 0 aromatic heterocycles. The van der Waals surface area contributed by atoms with Gasteiger partial charge in [-0.1, -0.05) is 38.2 Å². The van der Waals surface area contributed by atoms with Gasteiger partial charge in [0, 0.05) is 12.6 Å². The van der Waals surface area contributed by atoms with Crippen LogP contribution in [0.3, 0.4) is 0 Å². The summed E-state index contributed by atoms with van der Waals surface area (Å²) < 4.78 is 16.1. The molecule has 1 aromatic rings.